The van der Waals surface area contributed by atoms with Crippen LogP contribution in [0.25, 0.3) is 11.5 Å². The van der Waals surface area contributed by atoms with Gasteiger partial charge in [-0.3, -0.25) is 4.79 Å². The van der Waals surface area contributed by atoms with Crippen molar-refractivity contribution in [3.8, 4) is 11.5 Å². The highest BCUT2D eigenvalue weighted by atomic mass is 16.5. The number of carbonyl (C=O) groups excluding carboxylic acids is 1. The first kappa shape index (κ1) is 12.0. The minimum atomic E-state index is -0.141. The van der Waals surface area contributed by atoms with E-state index in [1.54, 1.807) is 29.4 Å². The topological polar surface area (TPSA) is 68.7 Å². The van der Waals surface area contributed by atoms with E-state index >= 15 is 0 Å². The number of morpholine rings is 1. The second-order valence-electron chi connectivity index (χ2n) is 4.48. The van der Waals surface area contributed by atoms with Gasteiger partial charge in [0.1, 0.15) is 0 Å². The smallest absolute Gasteiger partial charge is 0.276 e. The fourth-order valence-corrected chi connectivity index (χ4v) is 2.09. The van der Waals surface area contributed by atoms with Crippen LogP contribution in [0.1, 0.15) is 17.4 Å². The highest BCUT2D eigenvalue weighted by molar-refractivity contribution is 5.93. The predicted molar refractivity (Wildman–Crippen MR) is 65.5 cm³/mol. The van der Waals surface area contributed by atoms with Crippen molar-refractivity contribution in [1.82, 2.24) is 10.1 Å². The summed E-state index contributed by atoms with van der Waals surface area (Å²) < 4.78 is 15.6. The van der Waals surface area contributed by atoms with Crippen molar-refractivity contribution in [1.29, 1.82) is 0 Å². The van der Waals surface area contributed by atoms with E-state index in [0.717, 1.165) is 0 Å². The van der Waals surface area contributed by atoms with E-state index < -0.39 is 0 Å². The maximum Gasteiger partial charge on any atom is 0.276 e. The Morgan fingerprint density at radius 3 is 3.11 bits per heavy atom. The Morgan fingerprint density at radius 2 is 2.37 bits per heavy atom. The van der Waals surface area contributed by atoms with E-state index in [1.165, 1.54) is 0 Å². The summed E-state index contributed by atoms with van der Waals surface area (Å²) >= 11 is 0. The van der Waals surface area contributed by atoms with Gasteiger partial charge in [0.25, 0.3) is 5.91 Å². The van der Waals surface area contributed by atoms with Crippen molar-refractivity contribution < 1.29 is 18.5 Å². The van der Waals surface area contributed by atoms with Gasteiger partial charge in [0, 0.05) is 12.6 Å². The van der Waals surface area contributed by atoms with E-state index in [2.05, 4.69) is 5.16 Å². The summed E-state index contributed by atoms with van der Waals surface area (Å²) in [5, 5.41) is 3.81. The molecule has 100 valence electrons. The van der Waals surface area contributed by atoms with Gasteiger partial charge in [-0.2, -0.15) is 0 Å². The lowest BCUT2D eigenvalue weighted by atomic mass is 10.2. The molecule has 19 heavy (non-hydrogen) atoms. The summed E-state index contributed by atoms with van der Waals surface area (Å²) in [6, 6.07) is 5.16. The Labute approximate surface area is 109 Å². The monoisotopic (exact) mass is 262 g/mol. The van der Waals surface area contributed by atoms with Crippen molar-refractivity contribution in [2.75, 3.05) is 19.8 Å². The zero-order chi connectivity index (χ0) is 13.2. The van der Waals surface area contributed by atoms with Crippen LogP contribution in [0.4, 0.5) is 0 Å². The molecule has 0 radical (unpaired) electrons. The lowest BCUT2D eigenvalue weighted by Gasteiger charge is -2.32. The zero-order valence-electron chi connectivity index (χ0n) is 10.5. The van der Waals surface area contributed by atoms with Gasteiger partial charge in [-0.25, -0.2) is 0 Å². The molecule has 6 heteroatoms. The van der Waals surface area contributed by atoms with Crippen molar-refractivity contribution in [2.45, 2.75) is 13.0 Å². The van der Waals surface area contributed by atoms with Crippen LogP contribution in [-0.4, -0.2) is 41.8 Å². The Bertz CT molecular complexity index is 561. The normalized spacial score (nSPS) is 19.6. The van der Waals surface area contributed by atoms with Crippen molar-refractivity contribution in [3.63, 3.8) is 0 Å². The molecule has 6 nitrogen and oxygen atoms in total. The van der Waals surface area contributed by atoms with Gasteiger partial charge in [-0.1, -0.05) is 5.16 Å². The predicted octanol–water partition coefficient (Wildman–Crippen LogP) is 1.80. The fraction of sp³-hybridized carbons (Fsp3) is 0.385. The van der Waals surface area contributed by atoms with Crippen molar-refractivity contribution in [3.05, 3.63) is 30.2 Å². The second kappa shape index (κ2) is 4.89. The molecular weight excluding hydrogens is 248 g/mol. The highest BCUT2D eigenvalue weighted by Gasteiger charge is 2.27. The third-order valence-electron chi connectivity index (χ3n) is 3.12. The number of ether oxygens (including phenoxy) is 1. The quantitative estimate of drug-likeness (QED) is 0.825. The lowest BCUT2D eigenvalue weighted by molar-refractivity contribution is 0.00307. The minimum Gasteiger partial charge on any atom is -0.461 e. The number of furan rings is 1. The molecule has 0 aliphatic carbocycles. The highest BCUT2D eigenvalue weighted by Crippen LogP contribution is 2.21. The first-order valence-electron chi connectivity index (χ1n) is 6.15. The van der Waals surface area contributed by atoms with Crippen LogP contribution in [0.2, 0.25) is 0 Å². The van der Waals surface area contributed by atoms with Crippen LogP contribution in [0.3, 0.4) is 0 Å². The molecule has 0 spiro atoms. The van der Waals surface area contributed by atoms with Gasteiger partial charge in [0.2, 0.25) is 5.76 Å². The number of hydrogen-bond donors (Lipinski definition) is 0. The van der Waals surface area contributed by atoms with Crippen LogP contribution in [0, 0.1) is 0 Å². The molecule has 0 N–H and O–H groups in total. The summed E-state index contributed by atoms with van der Waals surface area (Å²) in [7, 11) is 0. The molecule has 0 unspecified atom stereocenters. The lowest BCUT2D eigenvalue weighted by Crippen LogP contribution is -2.47. The van der Waals surface area contributed by atoms with Crippen LogP contribution >= 0.6 is 0 Å². The number of aromatic nitrogens is 1. The molecule has 0 bridgehead atoms. The first-order chi connectivity index (χ1) is 9.25. The SMILES string of the molecule is C[C@@H]1COCCN1C(=O)c1cc(-c2ccco2)on1. The molecule has 1 amide bonds. The third-order valence-corrected chi connectivity index (χ3v) is 3.12. The molecule has 3 rings (SSSR count). The van der Waals surface area contributed by atoms with Gasteiger partial charge in [-0.05, 0) is 19.1 Å². The van der Waals surface area contributed by atoms with Gasteiger partial charge in [0.15, 0.2) is 11.5 Å². The number of nitrogens with zero attached hydrogens (tertiary/aromatic N) is 2. The molecule has 0 aromatic carbocycles. The zero-order valence-corrected chi connectivity index (χ0v) is 10.5. The molecule has 3 heterocycles. The van der Waals surface area contributed by atoms with Gasteiger partial charge < -0.3 is 18.6 Å². The molecule has 2 aromatic heterocycles. The first-order valence-corrected chi connectivity index (χ1v) is 6.15. The van der Waals surface area contributed by atoms with Crippen LogP contribution in [0.5, 0.6) is 0 Å². The Hall–Kier alpha value is -2.08. The van der Waals surface area contributed by atoms with Crippen LogP contribution in [-0.2, 0) is 4.74 Å². The van der Waals surface area contributed by atoms with Gasteiger partial charge in [-0.15, -0.1) is 0 Å². The largest absolute Gasteiger partial charge is 0.461 e. The number of hydrogen-bond acceptors (Lipinski definition) is 5. The number of rotatable bonds is 2. The van der Waals surface area contributed by atoms with Gasteiger partial charge >= 0.3 is 0 Å². The molecule has 1 fully saturated rings. The van der Waals surface area contributed by atoms with E-state index in [1.807, 2.05) is 6.92 Å². The fourth-order valence-electron chi connectivity index (χ4n) is 2.09. The average molecular weight is 262 g/mol. The second-order valence-corrected chi connectivity index (χ2v) is 4.48. The minimum absolute atomic E-state index is 0.0463. The summed E-state index contributed by atoms with van der Waals surface area (Å²) in [6.45, 7) is 3.63. The Morgan fingerprint density at radius 1 is 1.47 bits per heavy atom. The van der Waals surface area contributed by atoms with Crippen molar-refractivity contribution in [2.24, 2.45) is 0 Å². The maximum atomic E-state index is 12.3. The van der Waals surface area contributed by atoms with Crippen LogP contribution < -0.4 is 0 Å². The third kappa shape index (κ3) is 2.26. The van der Waals surface area contributed by atoms with E-state index in [9.17, 15) is 4.79 Å². The summed E-state index contributed by atoms with van der Waals surface area (Å²) in [4.78, 5) is 14.1. The molecule has 0 saturated carbocycles. The summed E-state index contributed by atoms with van der Waals surface area (Å²) in [5.74, 6) is 0.869. The van der Waals surface area contributed by atoms with Crippen LogP contribution in [0.15, 0.2) is 33.4 Å². The van der Waals surface area contributed by atoms with Crippen molar-refractivity contribution >= 4 is 5.91 Å². The summed E-state index contributed by atoms with van der Waals surface area (Å²) in [6.07, 6.45) is 1.55. The summed E-state index contributed by atoms with van der Waals surface area (Å²) in [5.41, 5.74) is 0.292. The average Bonchev–Trinajstić information content (AvgIpc) is 3.09. The molecule has 1 atom stereocenters. The number of carbonyl (C=O) groups is 1. The maximum absolute atomic E-state index is 12.3. The number of amides is 1. The Kier molecular flexibility index (Phi) is 3.08. The molecular formula is C13H14N2O4. The van der Waals surface area contributed by atoms with E-state index in [4.69, 9.17) is 13.7 Å². The molecule has 2 aromatic rings. The molecule has 1 saturated heterocycles. The van der Waals surface area contributed by atoms with Gasteiger partial charge in [0.05, 0.1) is 25.5 Å². The Balaban J connectivity index is 1.80. The molecule has 1 aliphatic rings. The molecule has 1 aliphatic heterocycles. The standard InChI is InChI=1S/C13H14N2O4/c1-9-8-17-6-4-15(9)13(16)10-7-12(19-14-10)11-3-2-5-18-11/h2-3,5,7,9H,4,6,8H2,1H3/t9-/m1/s1. The van der Waals surface area contributed by atoms with E-state index in [0.29, 0.717) is 37.0 Å². The van der Waals surface area contributed by atoms with E-state index in [-0.39, 0.29) is 11.9 Å².